The van der Waals surface area contributed by atoms with Gasteiger partial charge in [-0.05, 0) is 49.1 Å². The van der Waals surface area contributed by atoms with Crippen molar-refractivity contribution in [3.05, 3.63) is 59.7 Å². The van der Waals surface area contributed by atoms with Crippen molar-refractivity contribution in [1.29, 1.82) is 0 Å². The number of anilines is 1. The van der Waals surface area contributed by atoms with Crippen molar-refractivity contribution < 1.29 is 9.53 Å². The Balaban J connectivity index is 0.00000288. The largest absolute Gasteiger partial charge is 0.480 e. The summed E-state index contributed by atoms with van der Waals surface area (Å²) in [6, 6.07) is 15.4. The summed E-state index contributed by atoms with van der Waals surface area (Å²) < 4.78 is 5.85. The Kier molecular flexibility index (Phi) is 8.13. The Labute approximate surface area is 149 Å². The molecule has 5 heteroatoms. The third-order valence-corrected chi connectivity index (χ3v) is 3.72. The molecule has 0 saturated carbocycles. The van der Waals surface area contributed by atoms with E-state index in [4.69, 9.17) is 10.5 Å². The molecule has 0 heterocycles. The van der Waals surface area contributed by atoms with Gasteiger partial charge in [-0.25, -0.2) is 0 Å². The highest BCUT2D eigenvalue weighted by Crippen LogP contribution is 2.18. The van der Waals surface area contributed by atoms with Gasteiger partial charge in [0.1, 0.15) is 5.75 Å². The molecule has 24 heavy (non-hydrogen) atoms. The van der Waals surface area contributed by atoms with E-state index < -0.39 is 6.10 Å². The van der Waals surface area contributed by atoms with Crippen molar-refractivity contribution in [2.24, 2.45) is 0 Å². The fraction of sp³-hybridized carbons (Fsp3) is 0.316. The van der Waals surface area contributed by atoms with Crippen LogP contribution in [0.25, 0.3) is 0 Å². The molecule has 2 rings (SSSR count). The monoisotopic (exact) mass is 348 g/mol. The van der Waals surface area contributed by atoms with Gasteiger partial charge in [-0.2, -0.15) is 0 Å². The van der Waals surface area contributed by atoms with Crippen molar-refractivity contribution in [3.63, 3.8) is 0 Å². The number of nitrogens with two attached hydrogens (primary N) is 1. The van der Waals surface area contributed by atoms with E-state index in [2.05, 4.69) is 5.32 Å². The number of carbonyl (C=O) groups excluding carboxylic acids is 1. The number of hydrogen-bond donors (Lipinski definition) is 2. The quantitative estimate of drug-likeness (QED) is 0.752. The Morgan fingerprint density at radius 2 is 1.83 bits per heavy atom. The minimum Gasteiger partial charge on any atom is -0.480 e. The second-order valence-corrected chi connectivity index (χ2v) is 5.56. The molecule has 0 saturated heterocycles. The molecule has 2 aromatic rings. The number of amides is 1. The highest BCUT2D eigenvalue weighted by Gasteiger charge is 2.18. The van der Waals surface area contributed by atoms with Crippen LogP contribution in [0.3, 0.4) is 0 Å². The lowest BCUT2D eigenvalue weighted by Crippen LogP contribution is -2.39. The summed E-state index contributed by atoms with van der Waals surface area (Å²) in [5.41, 5.74) is 8.58. The minimum absolute atomic E-state index is 0. The van der Waals surface area contributed by atoms with Crippen molar-refractivity contribution in [3.8, 4) is 5.75 Å². The fourth-order valence-electron chi connectivity index (χ4n) is 2.29. The number of carbonyl (C=O) groups is 1. The predicted octanol–water partition coefficient (Wildman–Crippen LogP) is 3.52. The molecule has 0 bridgehead atoms. The lowest BCUT2D eigenvalue weighted by atomic mass is 10.1. The molecule has 0 aliphatic heterocycles. The first kappa shape index (κ1) is 19.8. The smallest absolute Gasteiger partial charge is 0.261 e. The summed E-state index contributed by atoms with van der Waals surface area (Å²) in [7, 11) is 0. The lowest BCUT2D eigenvalue weighted by Gasteiger charge is -2.18. The van der Waals surface area contributed by atoms with Gasteiger partial charge >= 0.3 is 0 Å². The molecular weight excluding hydrogens is 324 g/mol. The molecule has 0 fully saturated rings. The number of benzene rings is 2. The summed E-state index contributed by atoms with van der Waals surface area (Å²) in [4.78, 5) is 12.3. The third-order valence-electron chi connectivity index (χ3n) is 3.72. The molecule has 3 N–H and O–H groups in total. The Hall–Kier alpha value is -2.20. The molecular formula is C19H25ClN2O2. The molecule has 0 aliphatic rings. The van der Waals surface area contributed by atoms with E-state index in [1.165, 1.54) is 0 Å². The number of ether oxygens (including phenoxy) is 1. The van der Waals surface area contributed by atoms with Crippen molar-refractivity contribution in [2.75, 3.05) is 12.3 Å². The summed E-state index contributed by atoms with van der Waals surface area (Å²) in [6.45, 7) is 4.50. The van der Waals surface area contributed by atoms with Crippen LogP contribution in [-0.4, -0.2) is 18.6 Å². The second-order valence-electron chi connectivity index (χ2n) is 5.56. The highest BCUT2D eigenvalue weighted by molar-refractivity contribution is 5.85. The Morgan fingerprint density at radius 3 is 2.46 bits per heavy atom. The molecule has 1 amide bonds. The van der Waals surface area contributed by atoms with Gasteiger partial charge in [-0.15, -0.1) is 12.4 Å². The first-order chi connectivity index (χ1) is 11.1. The van der Waals surface area contributed by atoms with Crippen molar-refractivity contribution in [1.82, 2.24) is 5.32 Å². The van der Waals surface area contributed by atoms with E-state index in [9.17, 15) is 4.79 Å². The van der Waals surface area contributed by atoms with Gasteiger partial charge in [0.15, 0.2) is 6.10 Å². The van der Waals surface area contributed by atoms with Gasteiger partial charge in [0.2, 0.25) is 0 Å². The lowest BCUT2D eigenvalue weighted by molar-refractivity contribution is -0.128. The van der Waals surface area contributed by atoms with Crippen LogP contribution >= 0.6 is 12.4 Å². The fourth-order valence-corrected chi connectivity index (χ4v) is 2.29. The van der Waals surface area contributed by atoms with Gasteiger partial charge < -0.3 is 15.8 Å². The van der Waals surface area contributed by atoms with Crippen LogP contribution in [0, 0.1) is 6.92 Å². The number of para-hydroxylation sites is 1. The normalized spacial score (nSPS) is 11.2. The SMILES string of the molecule is CCC(Oc1ccccc1C)C(=O)NCCc1ccc(N)cc1.Cl. The molecule has 130 valence electrons. The zero-order valence-electron chi connectivity index (χ0n) is 14.1. The zero-order chi connectivity index (χ0) is 16.7. The number of halogens is 1. The average molecular weight is 349 g/mol. The molecule has 0 aromatic heterocycles. The summed E-state index contributed by atoms with van der Waals surface area (Å²) in [6.07, 6.45) is 0.928. The standard InChI is InChI=1S/C19H24N2O2.ClH/c1-3-17(23-18-7-5-4-6-14(18)2)19(22)21-13-12-15-8-10-16(20)11-9-15;/h4-11,17H,3,12-13,20H2,1-2H3,(H,21,22);1H. The van der Waals surface area contributed by atoms with Gasteiger partial charge in [-0.1, -0.05) is 37.3 Å². The maximum Gasteiger partial charge on any atom is 0.261 e. The van der Waals surface area contributed by atoms with Crippen LogP contribution < -0.4 is 15.8 Å². The third kappa shape index (κ3) is 5.78. The number of rotatable bonds is 7. The van der Waals surface area contributed by atoms with Crippen LogP contribution in [0.5, 0.6) is 5.75 Å². The van der Waals surface area contributed by atoms with E-state index >= 15 is 0 Å². The minimum atomic E-state index is -0.470. The van der Waals surface area contributed by atoms with Crippen LogP contribution in [0.2, 0.25) is 0 Å². The van der Waals surface area contributed by atoms with E-state index in [-0.39, 0.29) is 18.3 Å². The maximum absolute atomic E-state index is 12.3. The molecule has 0 aliphatic carbocycles. The van der Waals surface area contributed by atoms with Crippen LogP contribution in [0.1, 0.15) is 24.5 Å². The van der Waals surface area contributed by atoms with E-state index in [0.717, 1.165) is 29.0 Å². The Morgan fingerprint density at radius 1 is 1.17 bits per heavy atom. The number of nitrogens with one attached hydrogen (secondary N) is 1. The first-order valence-electron chi connectivity index (χ1n) is 7.94. The predicted molar refractivity (Wildman–Crippen MR) is 101 cm³/mol. The van der Waals surface area contributed by atoms with E-state index in [0.29, 0.717) is 13.0 Å². The van der Waals surface area contributed by atoms with E-state index in [1.54, 1.807) is 0 Å². The van der Waals surface area contributed by atoms with Gasteiger partial charge in [0.25, 0.3) is 5.91 Å². The highest BCUT2D eigenvalue weighted by atomic mass is 35.5. The van der Waals surface area contributed by atoms with Crippen molar-refractivity contribution >= 4 is 24.0 Å². The van der Waals surface area contributed by atoms with Gasteiger partial charge in [0, 0.05) is 12.2 Å². The second kappa shape index (κ2) is 9.83. The molecule has 1 unspecified atom stereocenters. The number of nitrogen functional groups attached to an aromatic ring is 1. The summed E-state index contributed by atoms with van der Waals surface area (Å²) >= 11 is 0. The first-order valence-corrected chi connectivity index (χ1v) is 7.94. The van der Waals surface area contributed by atoms with Gasteiger partial charge in [-0.3, -0.25) is 4.79 Å². The van der Waals surface area contributed by atoms with Crippen LogP contribution in [-0.2, 0) is 11.2 Å². The van der Waals surface area contributed by atoms with Crippen molar-refractivity contribution in [2.45, 2.75) is 32.8 Å². The maximum atomic E-state index is 12.3. The molecule has 2 aromatic carbocycles. The molecule has 4 nitrogen and oxygen atoms in total. The Bertz CT molecular complexity index is 644. The zero-order valence-corrected chi connectivity index (χ0v) is 14.9. The average Bonchev–Trinajstić information content (AvgIpc) is 2.56. The number of hydrogen-bond acceptors (Lipinski definition) is 3. The summed E-state index contributed by atoms with van der Waals surface area (Å²) in [5, 5.41) is 2.94. The molecule has 0 radical (unpaired) electrons. The van der Waals surface area contributed by atoms with Crippen LogP contribution in [0.15, 0.2) is 48.5 Å². The molecule has 0 spiro atoms. The topological polar surface area (TPSA) is 64.3 Å². The molecule has 1 atom stereocenters. The summed E-state index contributed by atoms with van der Waals surface area (Å²) in [5.74, 6) is 0.680. The van der Waals surface area contributed by atoms with Crippen LogP contribution in [0.4, 0.5) is 5.69 Å². The number of aryl methyl sites for hydroxylation is 1. The van der Waals surface area contributed by atoms with Gasteiger partial charge in [0.05, 0.1) is 0 Å². The van der Waals surface area contributed by atoms with E-state index in [1.807, 2.05) is 62.4 Å².